The van der Waals surface area contributed by atoms with Gasteiger partial charge >= 0.3 is 0 Å². The van der Waals surface area contributed by atoms with Crippen LogP contribution < -0.4 is 31.9 Å². The van der Waals surface area contributed by atoms with Crippen molar-refractivity contribution in [2.24, 2.45) is 0 Å². The third-order valence-corrected chi connectivity index (χ3v) is 5.29. The van der Waals surface area contributed by atoms with E-state index in [0.29, 0.717) is 0 Å². The van der Waals surface area contributed by atoms with Crippen molar-refractivity contribution < 1.29 is 0 Å². The van der Waals surface area contributed by atoms with E-state index < -0.39 is 0 Å². The Morgan fingerprint density at radius 1 is 0.545 bits per heavy atom. The van der Waals surface area contributed by atoms with E-state index in [-0.39, 0.29) is 11.1 Å². The van der Waals surface area contributed by atoms with Crippen molar-refractivity contribution in [3.8, 4) is 0 Å². The Kier molecular flexibility index (Phi) is 7.53. The third-order valence-electron chi connectivity index (χ3n) is 5.29. The molecule has 6 N–H and O–H groups in total. The summed E-state index contributed by atoms with van der Waals surface area (Å²) in [6.07, 6.45) is 2.26. The molecule has 0 saturated carbocycles. The average Bonchev–Trinajstić information content (AvgIpc) is 2.54. The van der Waals surface area contributed by atoms with Crippen LogP contribution in [0.15, 0.2) is 0 Å². The molecule has 2 fully saturated rings. The lowest BCUT2D eigenvalue weighted by atomic mass is 9.93. The Bertz CT molecular complexity index is 263. The summed E-state index contributed by atoms with van der Waals surface area (Å²) in [7, 11) is 0. The van der Waals surface area contributed by atoms with Crippen molar-refractivity contribution in [1.29, 1.82) is 0 Å². The highest BCUT2D eigenvalue weighted by atomic mass is 15.1. The van der Waals surface area contributed by atoms with Crippen molar-refractivity contribution in [3.63, 3.8) is 0 Å². The molecule has 2 heterocycles. The molecule has 0 amide bonds. The molecule has 2 bridgehead atoms. The van der Waals surface area contributed by atoms with Crippen molar-refractivity contribution >= 4 is 0 Å². The van der Waals surface area contributed by atoms with E-state index in [9.17, 15) is 0 Å². The highest BCUT2D eigenvalue weighted by Crippen LogP contribution is 2.11. The fourth-order valence-electron chi connectivity index (χ4n) is 3.44. The molecule has 6 nitrogen and oxygen atoms in total. The quantitative estimate of drug-likeness (QED) is 0.387. The summed E-state index contributed by atoms with van der Waals surface area (Å²) in [5, 5.41) is 22.2. The highest BCUT2D eigenvalue weighted by Gasteiger charge is 2.30. The minimum atomic E-state index is 0.148. The van der Waals surface area contributed by atoms with Crippen LogP contribution in [0.1, 0.15) is 26.7 Å². The number of hydrogen-bond acceptors (Lipinski definition) is 6. The number of hydrogen-bond donors (Lipinski definition) is 6. The lowest BCUT2D eigenvalue weighted by Gasteiger charge is -2.39. The Morgan fingerprint density at radius 2 is 0.864 bits per heavy atom. The van der Waals surface area contributed by atoms with Gasteiger partial charge in [-0.15, -0.1) is 0 Å². The van der Waals surface area contributed by atoms with Gasteiger partial charge < -0.3 is 31.9 Å². The summed E-state index contributed by atoms with van der Waals surface area (Å²) in [5.74, 6) is 0. The monoisotopic (exact) mass is 312 g/mol. The van der Waals surface area contributed by atoms with Crippen LogP contribution >= 0.6 is 0 Å². The summed E-state index contributed by atoms with van der Waals surface area (Å²) in [6.45, 7) is 14.8. The Hall–Kier alpha value is -0.240. The van der Waals surface area contributed by atoms with Crippen LogP contribution in [0.5, 0.6) is 0 Å². The second-order valence-corrected chi connectivity index (χ2v) is 6.83. The maximum Gasteiger partial charge on any atom is 0.0430 e. The SMILES string of the molecule is CCC12CNCCNCC(CC)(CNCCNC1)NCCN2. The van der Waals surface area contributed by atoms with E-state index in [1.807, 2.05) is 0 Å². The standard InChI is InChI=1S/C16H36N6/c1-3-15-11-17-5-7-19-13-16(4-2,22-10-9-21-15)14-20-8-6-18-12-15/h17-22H,3-14H2,1-2H3. The summed E-state index contributed by atoms with van der Waals surface area (Å²) >= 11 is 0. The molecule has 0 spiro atoms. The van der Waals surface area contributed by atoms with Gasteiger partial charge in [0.2, 0.25) is 0 Å². The normalized spacial score (nSPS) is 36.3. The lowest BCUT2D eigenvalue weighted by molar-refractivity contribution is 0.241. The summed E-state index contributed by atoms with van der Waals surface area (Å²) in [4.78, 5) is 0. The van der Waals surface area contributed by atoms with Crippen molar-refractivity contribution in [2.75, 3.05) is 65.4 Å². The number of rotatable bonds is 2. The predicted octanol–water partition coefficient (Wildman–Crippen LogP) is -1.15. The maximum absolute atomic E-state index is 3.82. The molecule has 0 aliphatic carbocycles. The summed E-state index contributed by atoms with van der Waals surface area (Å²) in [6, 6.07) is 0. The van der Waals surface area contributed by atoms with Crippen LogP contribution in [0.25, 0.3) is 0 Å². The molecule has 22 heavy (non-hydrogen) atoms. The van der Waals surface area contributed by atoms with Crippen LogP contribution in [0.3, 0.4) is 0 Å². The molecule has 0 aromatic rings. The zero-order chi connectivity index (χ0) is 15.7. The zero-order valence-corrected chi connectivity index (χ0v) is 14.5. The topological polar surface area (TPSA) is 72.2 Å². The van der Waals surface area contributed by atoms with Crippen molar-refractivity contribution in [3.05, 3.63) is 0 Å². The first-order chi connectivity index (χ1) is 10.7. The van der Waals surface area contributed by atoms with Crippen LogP contribution in [0, 0.1) is 0 Å². The molecule has 2 aliphatic heterocycles. The van der Waals surface area contributed by atoms with Gasteiger partial charge in [-0.1, -0.05) is 13.8 Å². The fraction of sp³-hybridized carbons (Fsp3) is 1.00. The molecule has 0 unspecified atom stereocenters. The fourth-order valence-corrected chi connectivity index (χ4v) is 3.44. The molecular formula is C16H36N6. The third kappa shape index (κ3) is 5.15. The molecule has 2 saturated heterocycles. The van der Waals surface area contributed by atoms with Crippen LogP contribution in [-0.4, -0.2) is 76.5 Å². The molecule has 0 radical (unpaired) electrons. The molecule has 2 rings (SSSR count). The molecular weight excluding hydrogens is 276 g/mol. The first kappa shape index (κ1) is 18.1. The zero-order valence-electron chi connectivity index (χ0n) is 14.5. The highest BCUT2D eigenvalue weighted by molar-refractivity contribution is 4.96. The average molecular weight is 313 g/mol. The minimum absolute atomic E-state index is 0.148. The second kappa shape index (κ2) is 9.15. The van der Waals surface area contributed by atoms with E-state index in [4.69, 9.17) is 0 Å². The summed E-state index contributed by atoms with van der Waals surface area (Å²) < 4.78 is 0. The van der Waals surface area contributed by atoms with E-state index >= 15 is 0 Å². The lowest BCUT2D eigenvalue weighted by Crippen LogP contribution is -2.64. The Labute approximate surface area is 136 Å². The van der Waals surface area contributed by atoms with Crippen molar-refractivity contribution in [1.82, 2.24) is 31.9 Å². The first-order valence-corrected chi connectivity index (χ1v) is 9.07. The number of nitrogens with one attached hydrogen (secondary N) is 6. The van der Waals surface area contributed by atoms with Crippen LogP contribution in [0.2, 0.25) is 0 Å². The second-order valence-electron chi connectivity index (χ2n) is 6.83. The molecule has 6 heteroatoms. The number of fused-ring (bicyclic) bond motifs is 5. The van der Waals surface area contributed by atoms with E-state index in [1.54, 1.807) is 0 Å². The van der Waals surface area contributed by atoms with Crippen LogP contribution in [-0.2, 0) is 0 Å². The van der Waals surface area contributed by atoms with Gasteiger partial charge in [0.15, 0.2) is 0 Å². The molecule has 130 valence electrons. The Balaban J connectivity index is 2.11. The smallest absolute Gasteiger partial charge is 0.0430 e. The van der Waals surface area contributed by atoms with Gasteiger partial charge in [-0.3, -0.25) is 0 Å². The maximum atomic E-state index is 3.82. The van der Waals surface area contributed by atoms with Gasteiger partial charge in [0.1, 0.15) is 0 Å². The minimum Gasteiger partial charge on any atom is -0.314 e. The molecule has 0 aromatic heterocycles. The predicted molar refractivity (Wildman–Crippen MR) is 93.5 cm³/mol. The van der Waals surface area contributed by atoms with Gasteiger partial charge in [-0.05, 0) is 12.8 Å². The van der Waals surface area contributed by atoms with E-state index in [1.165, 1.54) is 0 Å². The van der Waals surface area contributed by atoms with Gasteiger partial charge in [0, 0.05) is 76.5 Å². The Morgan fingerprint density at radius 3 is 1.14 bits per heavy atom. The van der Waals surface area contributed by atoms with Crippen LogP contribution in [0.4, 0.5) is 0 Å². The molecule has 2 aliphatic rings. The molecule has 0 atom stereocenters. The first-order valence-electron chi connectivity index (χ1n) is 9.07. The van der Waals surface area contributed by atoms with Gasteiger partial charge in [0.25, 0.3) is 0 Å². The summed E-state index contributed by atoms with van der Waals surface area (Å²) in [5.41, 5.74) is 0.296. The van der Waals surface area contributed by atoms with Crippen molar-refractivity contribution in [2.45, 2.75) is 37.8 Å². The largest absolute Gasteiger partial charge is 0.314 e. The van der Waals surface area contributed by atoms with Gasteiger partial charge in [-0.25, -0.2) is 0 Å². The van der Waals surface area contributed by atoms with E-state index in [0.717, 1.165) is 78.3 Å². The van der Waals surface area contributed by atoms with Gasteiger partial charge in [-0.2, -0.15) is 0 Å². The van der Waals surface area contributed by atoms with E-state index in [2.05, 4.69) is 45.7 Å². The molecule has 0 aromatic carbocycles. The van der Waals surface area contributed by atoms with Gasteiger partial charge in [0.05, 0.1) is 0 Å².